The Morgan fingerprint density at radius 3 is 2.49 bits per heavy atom. The van der Waals surface area contributed by atoms with Gasteiger partial charge in [0, 0.05) is 33.3 Å². The number of aromatic nitrogens is 1. The number of nitrogens with zero attached hydrogens (tertiary/aromatic N) is 2. The number of fused-ring (bicyclic) bond motifs is 8. The zero-order valence-corrected chi connectivity index (χ0v) is 26.6. The molecule has 3 aromatic rings. The van der Waals surface area contributed by atoms with Crippen LogP contribution in [0.3, 0.4) is 0 Å². The molecule has 0 spiro atoms. The fourth-order valence-electron chi connectivity index (χ4n) is 9.04. The van der Waals surface area contributed by atoms with Crippen LogP contribution in [0.15, 0.2) is 96.3 Å². The highest BCUT2D eigenvalue weighted by Crippen LogP contribution is 2.51. The lowest BCUT2D eigenvalue weighted by molar-refractivity contribution is 0.419. The number of benzene rings is 1. The van der Waals surface area contributed by atoms with Crippen molar-refractivity contribution >= 4 is 51.4 Å². The van der Waals surface area contributed by atoms with E-state index in [4.69, 9.17) is 0 Å². The summed E-state index contributed by atoms with van der Waals surface area (Å²) in [7, 11) is 0. The Kier molecular flexibility index (Phi) is 5.94. The molecule has 6 aliphatic carbocycles. The molecule has 0 saturated carbocycles. The van der Waals surface area contributed by atoms with Gasteiger partial charge in [-0.3, -0.25) is 0 Å². The summed E-state index contributed by atoms with van der Waals surface area (Å²) in [6, 6.07) is 7.61. The van der Waals surface area contributed by atoms with Crippen LogP contribution in [-0.2, 0) is 19.3 Å². The normalized spacial score (nSPS) is 24.3. The van der Waals surface area contributed by atoms with Crippen LogP contribution in [0.4, 0.5) is 0 Å². The molecule has 2 atom stereocenters. The molecule has 222 valence electrons. The van der Waals surface area contributed by atoms with Gasteiger partial charge < -0.3 is 9.47 Å². The van der Waals surface area contributed by atoms with E-state index in [2.05, 4.69) is 107 Å². The number of allylic oxidation sites excluding steroid dienone is 11. The summed E-state index contributed by atoms with van der Waals surface area (Å²) in [5, 5.41) is 1.42. The number of rotatable bonds is 3. The lowest BCUT2D eigenvalue weighted by atomic mass is 9.83. The molecule has 3 heteroatoms. The Balaban J connectivity index is 1.05. The second kappa shape index (κ2) is 10.2. The van der Waals surface area contributed by atoms with Crippen molar-refractivity contribution in [2.45, 2.75) is 70.3 Å². The maximum Gasteiger partial charge on any atom is 0.0627 e. The molecule has 0 saturated heterocycles. The molecular formula is C42H38N2S. The third kappa shape index (κ3) is 3.93. The predicted molar refractivity (Wildman–Crippen MR) is 192 cm³/mol. The molecule has 2 aromatic heterocycles. The van der Waals surface area contributed by atoms with E-state index in [0.29, 0.717) is 12.0 Å². The number of hydrogen-bond donors (Lipinski definition) is 0. The average molecular weight is 603 g/mol. The second-order valence-corrected chi connectivity index (χ2v) is 14.6. The van der Waals surface area contributed by atoms with Gasteiger partial charge in [0.05, 0.1) is 22.1 Å². The van der Waals surface area contributed by atoms with E-state index in [1.54, 1.807) is 16.7 Å². The highest BCUT2D eigenvalue weighted by molar-refractivity contribution is 7.14. The Bertz CT molecular complexity index is 2070. The first kappa shape index (κ1) is 26.2. The van der Waals surface area contributed by atoms with Crippen LogP contribution in [0.5, 0.6) is 0 Å². The fourth-order valence-corrected chi connectivity index (χ4v) is 10.4. The van der Waals surface area contributed by atoms with Crippen molar-refractivity contribution in [3.8, 4) is 0 Å². The van der Waals surface area contributed by atoms with Gasteiger partial charge in [0.25, 0.3) is 0 Å². The van der Waals surface area contributed by atoms with E-state index < -0.39 is 0 Å². The summed E-state index contributed by atoms with van der Waals surface area (Å²) in [6.45, 7) is 0. The molecule has 0 radical (unpaired) electrons. The first-order valence-electron chi connectivity index (χ1n) is 17.2. The molecular weight excluding hydrogens is 565 g/mol. The minimum atomic E-state index is 0.348. The van der Waals surface area contributed by atoms with Crippen molar-refractivity contribution in [3.05, 3.63) is 134 Å². The highest BCUT2D eigenvalue weighted by Gasteiger charge is 2.42. The quantitative estimate of drug-likeness (QED) is 0.290. The van der Waals surface area contributed by atoms with Crippen LogP contribution >= 0.6 is 11.3 Å². The summed E-state index contributed by atoms with van der Waals surface area (Å²) in [6.07, 6.45) is 43.0. The Labute approximate surface area is 270 Å². The molecule has 1 aromatic carbocycles. The largest absolute Gasteiger partial charge is 0.333 e. The summed E-state index contributed by atoms with van der Waals surface area (Å²) in [5.41, 5.74) is 16.1. The fraction of sp³-hybridized carbons (Fsp3) is 0.286. The van der Waals surface area contributed by atoms with E-state index in [1.807, 2.05) is 11.3 Å². The average Bonchev–Trinajstić information content (AvgIpc) is 3.76. The maximum absolute atomic E-state index is 2.72. The second-order valence-electron chi connectivity index (χ2n) is 13.5. The van der Waals surface area contributed by atoms with E-state index in [0.717, 1.165) is 44.9 Å². The number of hydrogen-bond acceptors (Lipinski definition) is 2. The van der Waals surface area contributed by atoms with Crippen molar-refractivity contribution < 1.29 is 0 Å². The van der Waals surface area contributed by atoms with Crippen molar-refractivity contribution in [1.82, 2.24) is 9.47 Å². The van der Waals surface area contributed by atoms with Crippen LogP contribution in [0.25, 0.3) is 40.0 Å². The van der Waals surface area contributed by atoms with Crippen LogP contribution in [-0.4, -0.2) is 15.5 Å². The summed E-state index contributed by atoms with van der Waals surface area (Å²) in [4.78, 5) is 5.76. The number of aryl methyl sites for hydroxylation is 1. The smallest absolute Gasteiger partial charge is 0.0627 e. The molecule has 0 amide bonds. The van der Waals surface area contributed by atoms with Gasteiger partial charge in [0.1, 0.15) is 0 Å². The molecule has 3 heterocycles. The molecule has 7 aliphatic rings. The van der Waals surface area contributed by atoms with Crippen LogP contribution in [0.1, 0.15) is 82.6 Å². The van der Waals surface area contributed by atoms with E-state index in [9.17, 15) is 0 Å². The van der Waals surface area contributed by atoms with Crippen LogP contribution < -0.4 is 0 Å². The van der Waals surface area contributed by atoms with Gasteiger partial charge in [0.2, 0.25) is 0 Å². The van der Waals surface area contributed by atoms with Gasteiger partial charge in [-0.05, 0) is 134 Å². The van der Waals surface area contributed by atoms with Crippen molar-refractivity contribution in [3.63, 3.8) is 0 Å². The van der Waals surface area contributed by atoms with Crippen molar-refractivity contribution in [1.29, 1.82) is 0 Å². The molecule has 10 rings (SSSR count). The van der Waals surface area contributed by atoms with Gasteiger partial charge in [-0.25, -0.2) is 0 Å². The van der Waals surface area contributed by atoms with Gasteiger partial charge in [0.15, 0.2) is 0 Å². The van der Waals surface area contributed by atoms with Gasteiger partial charge >= 0.3 is 0 Å². The minimum Gasteiger partial charge on any atom is -0.333 e. The zero-order valence-electron chi connectivity index (χ0n) is 25.8. The first-order valence-corrected chi connectivity index (χ1v) is 18.0. The van der Waals surface area contributed by atoms with E-state index >= 15 is 0 Å². The van der Waals surface area contributed by atoms with Gasteiger partial charge in [-0.2, -0.15) is 0 Å². The maximum atomic E-state index is 2.72. The third-order valence-electron chi connectivity index (χ3n) is 11.1. The van der Waals surface area contributed by atoms with E-state index in [1.165, 1.54) is 79.4 Å². The van der Waals surface area contributed by atoms with Gasteiger partial charge in [-0.1, -0.05) is 60.8 Å². The molecule has 1 aliphatic heterocycles. The van der Waals surface area contributed by atoms with Crippen LogP contribution in [0, 0.1) is 5.92 Å². The summed E-state index contributed by atoms with van der Waals surface area (Å²) in [5.74, 6) is 0.417. The molecule has 2 unspecified atom stereocenters. The molecule has 0 bridgehead atoms. The van der Waals surface area contributed by atoms with E-state index in [-0.39, 0.29) is 0 Å². The van der Waals surface area contributed by atoms with Crippen molar-refractivity contribution in [2.75, 3.05) is 0 Å². The summed E-state index contributed by atoms with van der Waals surface area (Å²) >= 11 is 2.04. The van der Waals surface area contributed by atoms with Crippen molar-refractivity contribution in [2.24, 2.45) is 5.92 Å². The monoisotopic (exact) mass is 602 g/mol. The summed E-state index contributed by atoms with van der Waals surface area (Å²) < 4.78 is 2.51. The SMILES string of the molecule is C1=CC(n2c3c(c4cc(C5=CC6C7=C(C=CCC7)N(C7=CCCc8c7sc7c8CCC=C7)C6C=C5)ccc42)CCC=C3)=CCC1. The third-order valence-corrected chi connectivity index (χ3v) is 12.3. The highest BCUT2D eigenvalue weighted by atomic mass is 32.1. The lowest BCUT2D eigenvalue weighted by Gasteiger charge is -2.34. The Morgan fingerprint density at radius 2 is 1.56 bits per heavy atom. The Hall–Kier alpha value is -4.08. The predicted octanol–water partition coefficient (Wildman–Crippen LogP) is 10.7. The number of thiophene rings is 1. The van der Waals surface area contributed by atoms with Crippen LogP contribution in [0.2, 0.25) is 0 Å². The topological polar surface area (TPSA) is 8.17 Å². The molecule has 45 heavy (non-hydrogen) atoms. The molecule has 0 N–H and O–H groups in total. The first-order chi connectivity index (χ1) is 22.3. The standard InChI is InChI=1S/C42H38N2S/c1-2-11-29(12-3-1)43-36-17-7-4-13-30(36)34-25-27(21-23-38(34)43)28-22-24-39-35(26-28)31-14-5-8-18-37(31)44(39)40-19-10-16-33-32-15-6-9-20-41(32)45-42(33)40/h2,7-9,11-12,17-26,35,39H,1,3-6,10,13-16H2. The molecule has 2 nitrogen and oxygen atoms in total. The molecule has 0 fully saturated rings. The Morgan fingerprint density at radius 1 is 0.711 bits per heavy atom. The minimum absolute atomic E-state index is 0.348. The lowest BCUT2D eigenvalue weighted by Crippen LogP contribution is -2.32. The zero-order chi connectivity index (χ0) is 29.5. The van der Waals surface area contributed by atoms with Gasteiger partial charge in [-0.15, -0.1) is 11.3 Å².